The van der Waals surface area contributed by atoms with Gasteiger partial charge in [-0.05, 0) is 29.3 Å². The number of aryl methyl sites for hydroxylation is 1. The molecule has 0 saturated heterocycles. The van der Waals surface area contributed by atoms with E-state index >= 15 is 0 Å². The number of hydrogen-bond donors (Lipinski definition) is 0. The van der Waals surface area contributed by atoms with Crippen molar-refractivity contribution in [2.45, 2.75) is 5.92 Å². The van der Waals surface area contributed by atoms with E-state index in [1.54, 1.807) is 20.3 Å². The summed E-state index contributed by atoms with van der Waals surface area (Å²) in [4.78, 5) is 11.0. The van der Waals surface area contributed by atoms with E-state index in [9.17, 15) is 10.1 Å². The zero-order chi connectivity index (χ0) is 18.0. The van der Waals surface area contributed by atoms with Crippen molar-refractivity contribution in [2.24, 2.45) is 7.05 Å². The van der Waals surface area contributed by atoms with Crippen molar-refractivity contribution >= 4 is 10.9 Å². The van der Waals surface area contributed by atoms with Crippen LogP contribution in [0.3, 0.4) is 0 Å². The molecule has 3 rings (SSSR count). The third-order valence-electron chi connectivity index (χ3n) is 4.44. The van der Waals surface area contributed by atoms with Gasteiger partial charge in [-0.2, -0.15) is 0 Å². The number of benzene rings is 2. The van der Waals surface area contributed by atoms with Gasteiger partial charge in [-0.1, -0.05) is 24.3 Å². The van der Waals surface area contributed by atoms with Crippen LogP contribution in [0.5, 0.6) is 11.5 Å². The summed E-state index contributed by atoms with van der Waals surface area (Å²) < 4.78 is 12.6. The Hall–Kier alpha value is -3.02. The lowest BCUT2D eigenvalue weighted by Crippen LogP contribution is -2.14. The van der Waals surface area contributed by atoms with E-state index in [1.807, 2.05) is 54.2 Å². The molecule has 1 aromatic heterocycles. The van der Waals surface area contributed by atoms with Crippen molar-refractivity contribution in [3.05, 3.63) is 69.9 Å². The Bertz CT molecular complexity index is 917. The Labute approximate surface area is 145 Å². The van der Waals surface area contributed by atoms with Crippen molar-refractivity contribution < 1.29 is 14.4 Å². The number of nitro groups is 1. The molecule has 0 saturated carbocycles. The number of hydrogen-bond acceptors (Lipinski definition) is 4. The van der Waals surface area contributed by atoms with Crippen LogP contribution in [0.15, 0.2) is 48.7 Å². The van der Waals surface area contributed by atoms with Crippen molar-refractivity contribution in [1.82, 2.24) is 4.57 Å². The Morgan fingerprint density at radius 3 is 2.52 bits per heavy atom. The lowest BCUT2D eigenvalue weighted by molar-refractivity contribution is -0.481. The van der Waals surface area contributed by atoms with Crippen LogP contribution in [0.2, 0.25) is 0 Å². The smallest absolute Gasteiger partial charge is 0.214 e. The van der Waals surface area contributed by atoms with Gasteiger partial charge in [0.1, 0.15) is 0 Å². The highest BCUT2D eigenvalue weighted by molar-refractivity contribution is 5.85. The minimum absolute atomic E-state index is 0.191. The highest BCUT2D eigenvalue weighted by Gasteiger charge is 2.25. The number of nitrogens with zero attached hydrogens (tertiary/aromatic N) is 2. The Kier molecular flexibility index (Phi) is 4.61. The van der Waals surface area contributed by atoms with Crippen molar-refractivity contribution in [2.75, 3.05) is 20.8 Å². The summed E-state index contributed by atoms with van der Waals surface area (Å²) in [5, 5.41) is 12.3. The molecule has 1 atom stereocenters. The zero-order valence-electron chi connectivity index (χ0n) is 14.4. The van der Waals surface area contributed by atoms with E-state index in [2.05, 4.69) is 0 Å². The first kappa shape index (κ1) is 16.8. The topological polar surface area (TPSA) is 66.5 Å². The van der Waals surface area contributed by atoms with Gasteiger partial charge in [0.15, 0.2) is 11.5 Å². The molecule has 0 aliphatic rings. The molecule has 0 bridgehead atoms. The second kappa shape index (κ2) is 6.84. The first-order valence-corrected chi connectivity index (χ1v) is 7.92. The molecule has 6 heteroatoms. The molecule has 0 aliphatic carbocycles. The van der Waals surface area contributed by atoms with Gasteiger partial charge in [-0.3, -0.25) is 10.1 Å². The molecule has 0 aliphatic heterocycles. The molecule has 3 aromatic rings. The third kappa shape index (κ3) is 3.15. The van der Waals surface area contributed by atoms with Crippen LogP contribution < -0.4 is 9.47 Å². The fourth-order valence-corrected chi connectivity index (χ4v) is 3.25. The predicted molar refractivity (Wildman–Crippen MR) is 96.2 cm³/mol. The van der Waals surface area contributed by atoms with Gasteiger partial charge in [0.05, 0.1) is 20.1 Å². The highest BCUT2D eigenvalue weighted by Crippen LogP contribution is 2.36. The monoisotopic (exact) mass is 340 g/mol. The number of methoxy groups -OCH3 is 2. The Morgan fingerprint density at radius 1 is 1.12 bits per heavy atom. The molecule has 0 radical (unpaired) electrons. The summed E-state index contributed by atoms with van der Waals surface area (Å²) >= 11 is 0. The van der Waals surface area contributed by atoms with E-state index in [0.717, 1.165) is 22.0 Å². The molecule has 2 aromatic carbocycles. The van der Waals surface area contributed by atoms with Crippen molar-refractivity contribution in [3.8, 4) is 11.5 Å². The van der Waals surface area contributed by atoms with Gasteiger partial charge >= 0.3 is 0 Å². The van der Waals surface area contributed by atoms with Gasteiger partial charge in [-0.15, -0.1) is 0 Å². The number of rotatable bonds is 6. The molecule has 25 heavy (non-hydrogen) atoms. The van der Waals surface area contributed by atoms with E-state index in [-0.39, 0.29) is 17.4 Å². The molecular formula is C19H20N2O4. The molecule has 0 fully saturated rings. The van der Waals surface area contributed by atoms with Gasteiger partial charge in [-0.25, -0.2) is 0 Å². The summed E-state index contributed by atoms with van der Waals surface area (Å²) in [6.07, 6.45) is 1.97. The van der Waals surface area contributed by atoms with Crippen LogP contribution in [-0.2, 0) is 7.05 Å². The summed E-state index contributed by atoms with van der Waals surface area (Å²) in [5.74, 6) is 0.790. The molecule has 130 valence electrons. The van der Waals surface area contributed by atoms with Crippen LogP contribution in [0, 0.1) is 10.1 Å². The summed E-state index contributed by atoms with van der Waals surface area (Å²) in [6, 6.07) is 13.4. The minimum atomic E-state index is -0.374. The van der Waals surface area contributed by atoms with E-state index in [4.69, 9.17) is 9.47 Å². The molecule has 0 spiro atoms. The average molecular weight is 340 g/mol. The van der Waals surface area contributed by atoms with Crippen molar-refractivity contribution in [3.63, 3.8) is 0 Å². The summed E-state index contributed by atoms with van der Waals surface area (Å²) in [6.45, 7) is -0.191. The fourth-order valence-electron chi connectivity index (χ4n) is 3.25. The number of ether oxygens (including phenoxy) is 2. The second-order valence-corrected chi connectivity index (χ2v) is 5.89. The molecule has 1 unspecified atom stereocenters. The van der Waals surface area contributed by atoms with Gasteiger partial charge in [0.2, 0.25) is 6.54 Å². The molecule has 1 heterocycles. The molecule has 0 amide bonds. The largest absolute Gasteiger partial charge is 0.493 e. The van der Waals surface area contributed by atoms with Crippen LogP contribution in [0.1, 0.15) is 17.0 Å². The highest BCUT2D eigenvalue weighted by atomic mass is 16.6. The van der Waals surface area contributed by atoms with Crippen LogP contribution in [0.4, 0.5) is 0 Å². The van der Waals surface area contributed by atoms with Crippen LogP contribution in [0.25, 0.3) is 10.9 Å². The van der Waals surface area contributed by atoms with E-state index in [0.29, 0.717) is 11.5 Å². The number of aromatic nitrogens is 1. The molecule has 6 nitrogen and oxygen atoms in total. The Balaban J connectivity index is 2.16. The SMILES string of the molecule is COc1ccc(C(C[N+](=O)[O-])c2cn(C)c3ccccc23)cc1OC. The first-order valence-electron chi connectivity index (χ1n) is 7.92. The van der Waals surface area contributed by atoms with E-state index in [1.165, 1.54) is 0 Å². The van der Waals surface area contributed by atoms with Gasteiger partial charge < -0.3 is 14.0 Å². The van der Waals surface area contributed by atoms with Gasteiger partial charge in [0, 0.05) is 29.1 Å². The fraction of sp³-hybridized carbons (Fsp3) is 0.263. The maximum Gasteiger partial charge on any atom is 0.214 e. The Morgan fingerprint density at radius 2 is 1.84 bits per heavy atom. The first-order chi connectivity index (χ1) is 12.0. The van der Waals surface area contributed by atoms with E-state index < -0.39 is 0 Å². The number of para-hydroxylation sites is 1. The summed E-state index contributed by atoms with van der Waals surface area (Å²) in [7, 11) is 5.07. The maximum atomic E-state index is 11.3. The lowest BCUT2D eigenvalue weighted by Gasteiger charge is -2.15. The predicted octanol–water partition coefficient (Wildman–Crippen LogP) is 3.60. The summed E-state index contributed by atoms with van der Waals surface area (Å²) in [5.41, 5.74) is 2.80. The third-order valence-corrected chi connectivity index (χ3v) is 4.44. The zero-order valence-corrected chi connectivity index (χ0v) is 14.4. The minimum Gasteiger partial charge on any atom is -0.493 e. The van der Waals surface area contributed by atoms with Crippen LogP contribution >= 0.6 is 0 Å². The van der Waals surface area contributed by atoms with Crippen molar-refractivity contribution in [1.29, 1.82) is 0 Å². The number of fused-ring (bicyclic) bond motifs is 1. The standard InChI is InChI=1S/C19H20N2O4/c1-20-11-16(14-6-4-5-7-17(14)20)15(12-21(22)23)13-8-9-18(24-2)19(10-13)25-3/h4-11,15H,12H2,1-3H3. The van der Waals surface area contributed by atoms with Gasteiger partial charge in [0.25, 0.3) is 0 Å². The molecule has 0 N–H and O–H groups in total. The lowest BCUT2D eigenvalue weighted by atomic mass is 9.90. The quantitative estimate of drug-likeness (QED) is 0.508. The average Bonchev–Trinajstić information content (AvgIpc) is 2.96. The molecular weight excluding hydrogens is 320 g/mol. The second-order valence-electron chi connectivity index (χ2n) is 5.89. The van der Waals surface area contributed by atoms with Crippen LogP contribution in [-0.4, -0.2) is 30.3 Å². The maximum absolute atomic E-state index is 11.3. The normalized spacial score (nSPS) is 12.1.